The van der Waals surface area contributed by atoms with E-state index in [4.69, 9.17) is 4.74 Å². The summed E-state index contributed by atoms with van der Waals surface area (Å²) in [6.45, 7) is 8.47. The van der Waals surface area contributed by atoms with Crippen LogP contribution in [0, 0.1) is 5.92 Å². The zero-order valence-electron chi connectivity index (χ0n) is 10.2. The number of rotatable bonds is 0. The first-order valence-electron chi connectivity index (χ1n) is 5.67. The number of carbonyl (C=O) groups excluding carboxylic acids is 1. The fraction of sp³-hybridized carbons (Fsp3) is 0.909. The van der Waals surface area contributed by atoms with Gasteiger partial charge in [-0.1, -0.05) is 0 Å². The Labute approximate surface area is 103 Å². The van der Waals surface area contributed by atoms with E-state index in [1.807, 2.05) is 25.7 Å². The Morgan fingerprint density at radius 2 is 2.12 bits per heavy atom. The Hall–Kier alpha value is -0.480. The SMILES string of the molecule is CC(C)(C)OC(=O)N1CCC2CNC2C1.Cl. The average molecular weight is 249 g/mol. The Balaban J connectivity index is 0.00000128. The number of halogens is 1. The first-order chi connectivity index (χ1) is 6.96. The van der Waals surface area contributed by atoms with Crippen LogP contribution in [0.25, 0.3) is 0 Å². The summed E-state index contributed by atoms with van der Waals surface area (Å²) >= 11 is 0. The molecule has 0 radical (unpaired) electrons. The van der Waals surface area contributed by atoms with Gasteiger partial charge < -0.3 is 15.0 Å². The van der Waals surface area contributed by atoms with Gasteiger partial charge in [0.2, 0.25) is 0 Å². The Kier molecular flexibility index (Phi) is 4.07. The summed E-state index contributed by atoms with van der Waals surface area (Å²) in [6.07, 6.45) is 0.936. The standard InChI is InChI=1S/C11H20N2O2.ClH/c1-11(2,3)15-10(14)13-5-4-8-6-12-9(8)7-13;/h8-9,12H,4-7H2,1-3H3;1H. The van der Waals surface area contributed by atoms with E-state index < -0.39 is 0 Å². The van der Waals surface area contributed by atoms with Crippen molar-refractivity contribution in [3.63, 3.8) is 0 Å². The predicted octanol–water partition coefficient (Wildman–Crippen LogP) is 1.64. The lowest BCUT2D eigenvalue weighted by molar-refractivity contribution is 0.00580. The fourth-order valence-electron chi connectivity index (χ4n) is 2.11. The molecule has 94 valence electrons. The highest BCUT2D eigenvalue weighted by Crippen LogP contribution is 2.24. The van der Waals surface area contributed by atoms with Gasteiger partial charge in [0, 0.05) is 19.1 Å². The normalized spacial score (nSPS) is 28.6. The number of hydrogen-bond acceptors (Lipinski definition) is 3. The van der Waals surface area contributed by atoms with E-state index in [2.05, 4.69) is 5.32 Å². The highest BCUT2D eigenvalue weighted by atomic mass is 35.5. The molecule has 0 aromatic heterocycles. The minimum absolute atomic E-state index is 0. The minimum atomic E-state index is -0.388. The topological polar surface area (TPSA) is 41.6 Å². The molecule has 0 aromatic carbocycles. The Morgan fingerprint density at radius 1 is 1.44 bits per heavy atom. The Morgan fingerprint density at radius 3 is 2.56 bits per heavy atom. The number of nitrogens with one attached hydrogen (secondary N) is 1. The van der Waals surface area contributed by atoms with Gasteiger partial charge >= 0.3 is 6.09 Å². The second-order valence-corrected chi connectivity index (χ2v) is 5.49. The number of likely N-dealkylation sites (tertiary alicyclic amines) is 1. The maximum Gasteiger partial charge on any atom is 0.410 e. The molecule has 2 fully saturated rings. The van der Waals surface area contributed by atoms with Gasteiger partial charge in [-0.2, -0.15) is 0 Å². The number of carbonyl (C=O) groups is 1. The van der Waals surface area contributed by atoms with Gasteiger partial charge in [-0.15, -0.1) is 12.4 Å². The molecule has 2 atom stereocenters. The van der Waals surface area contributed by atoms with Crippen molar-refractivity contribution in [1.29, 1.82) is 0 Å². The lowest BCUT2D eigenvalue weighted by Gasteiger charge is -2.46. The summed E-state index contributed by atoms with van der Waals surface area (Å²) in [5, 5.41) is 3.35. The predicted molar refractivity (Wildman–Crippen MR) is 65.0 cm³/mol. The van der Waals surface area contributed by atoms with Crippen molar-refractivity contribution >= 4 is 18.5 Å². The van der Waals surface area contributed by atoms with Gasteiger partial charge in [0.25, 0.3) is 0 Å². The number of nitrogens with zero attached hydrogens (tertiary/aromatic N) is 1. The van der Waals surface area contributed by atoms with Crippen LogP contribution in [-0.4, -0.2) is 42.3 Å². The number of hydrogen-bond donors (Lipinski definition) is 1. The van der Waals surface area contributed by atoms with Gasteiger partial charge in [0.15, 0.2) is 0 Å². The summed E-state index contributed by atoms with van der Waals surface area (Å²) in [7, 11) is 0. The number of amides is 1. The lowest BCUT2D eigenvalue weighted by atomic mass is 9.85. The first-order valence-corrected chi connectivity index (χ1v) is 5.67. The van der Waals surface area contributed by atoms with E-state index in [1.165, 1.54) is 0 Å². The van der Waals surface area contributed by atoms with E-state index in [0.29, 0.717) is 6.04 Å². The van der Waals surface area contributed by atoms with Crippen molar-refractivity contribution < 1.29 is 9.53 Å². The molecule has 2 heterocycles. The molecule has 1 N–H and O–H groups in total. The van der Waals surface area contributed by atoms with Crippen LogP contribution in [0.5, 0.6) is 0 Å². The number of fused-ring (bicyclic) bond motifs is 1. The molecule has 0 saturated carbocycles. The third-order valence-corrected chi connectivity index (χ3v) is 3.05. The third-order valence-electron chi connectivity index (χ3n) is 3.05. The third kappa shape index (κ3) is 3.01. The van der Waals surface area contributed by atoms with E-state index in [0.717, 1.165) is 32.0 Å². The molecule has 2 rings (SSSR count). The number of piperidine rings is 1. The smallest absolute Gasteiger partial charge is 0.410 e. The molecule has 1 amide bonds. The molecular formula is C11H21ClN2O2. The largest absolute Gasteiger partial charge is 0.444 e. The van der Waals surface area contributed by atoms with Gasteiger partial charge in [-0.3, -0.25) is 0 Å². The lowest BCUT2D eigenvalue weighted by Crippen LogP contribution is -2.63. The molecule has 0 spiro atoms. The summed E-state index contributed by atoms with van der Waals surface area (Å²) in [4.78, 5) is 13.6. The molecule has 0 bridgehead atoms. The summed E-state index contributed by atoms with van der Waals surface area (Å²) < 4.78 is 5.34. The molecule has 4 nitrogen and oxygen atoms in total. The molecule has 0 aromatic rings. The molecule has 2 saturated heterocycles. The van der Waals surface area contributed by atoms with E-state index >= 15 is 0 Å². The highest BCUT2D eigenvalue weighted by molar-refractivity contribution is 5.85. The zero-order chi connectivity index (χ0) is 11.1. The zero-order valence-corrected chi connectivity index (χ0v) is 11.0. The molecule has 2 aliphatic rings. The van der Waals surface area contributed by atoms with Gasteiger partial charge in [0.05, 0.1) is 0 Å². The first kappa shape index (κ1) is 13.6. The summed E-state index contributed by atoms with van der Waals surface area (Å²) in [5.74, 6) is 0.781. The molecule has 16 heavy (non-hydrogen) atoms. The van der Waals surface area contributed by atoms with Crippen LogP contribution in [0.15, 0.2) is 0 Å². The minimum Gasteiger partial charge on any atom is -0.444 e. The number of ether oxygens (including phenoxy) is 1. The highest BCUT2D eigenvalue weighted by Gasteiger charge is 2.38. The molecule has 2 aliphatic heterocycles. The van der Waals surface area contributed by atoms with Gasteiger partial charge in [-0.05, 0) is 39.7 Å². The molecule has 0 aliphatic carbocycles. The van der Waals surface area contributed by atoms with Crippen molar-refractivity contribution in [2.24, 2.45) is 5.92 Å². The van der Waals surface area contributed by atoms with E-state index in [1.54, 1.807) is 0 Å². The van der Waals surface area contributed by atoms with Crippen LogP contribution in [0.1, 0.15) is 27.2 Å². The van der Waals surface area contributed by atoms with Gasteiger partial charge in [-0.25, -0.2) is 4.79 Å². The van der Waals surface area contributed by atoms with Crippen LogP contribution in [0.4, 0.5) is 4.79 Å². The average Bonchev–Trinajstić information content (AvgIpc) is 2.04. The summed E-state index contributed by atoms with van der Waals surface area (Å²) in [6, 6.07) is 0.506. The second-order valence-electron chi connectivity index (χ2n) is 5.49. The molecular weight excluding hydrogens is 228 g/mol. The summed E-state index contributed by atoms with van der Waals surface area (Å²) in [5.41, 5.74) is -0.388. The fourth-order valence-corrected chi connectivity index (χ4v) is 2.11. The van der Waals surface area contributed by atoms with E-state index in [9.17, 15) is 4.79 Å². The molecule has 5 heteroatoms. The van der Waals surface area contributed by atoms with Crippen LogP contribution in [0.2, 0.25) is 0 Å². The maximum atomic E-state index is 11.8. The van der Waals surface area contributed by atoms with Crippen LogP contribution < -0.4 is 5.32 Å². The van der Waals surface area contributed by atoms with Crippen LogP contribution >= 0.6 is 12.4 Å². The van der Waals surface area contributed by atoms with Gasteiger partial charge in [0.1, 0.15) is 5.60 Å². The van der Waals surface area contributed by atoms with Crippen molar-refractivity contribution in [1.82, 2.24) is 10.2 Å². The van der Waals surface area contributed by atoms with Crippen LogP contribution in [0.3, 0.4) is 0 Å². The maximum absolute atomic E-state index is 11.8. The second kappa shape index (κ2) is 4.80. The van der Waals surface area contributed by atoms with Crippen molar-refractivity contribution in [2.45, 2.75) is 38.8 Å². The van der Waals surface area contributed by atoms with E-state index in [-0.39, 0.29) is 24.1 Å². The Bertz CT molecular complexity index is 265. The quantitative estimate of drug-likeness (QED) is 0.709. The van der Waals surface area contributed by atoms with Crippen molar-refractivity contribution in [3.8, 4) is 0 Å². The van der Waals surface area contributed by atoms with Crippen LogP contribution in [-0.2, 0) is 4.74 Å². The monoisotopic (exact) mass is 248 g/mol. The van der Waals surface area contributed by atoms with Crippen molar-refractivity contribution in [2.75, 3.05) is 19.6 Å². The molecule has 2 unspecified atom stereocenters. The van der Waals surface area contributed by atoms with Crippen molar-refractivity contribution in [3.05, 3.63) is 0 Å².